The Morgan fingerprint density at radius 3 is 2.43 bits per heavy atom. The first-order valence-corrected chi connectivity index (χ1v) is 18.9. The van der Waals surface area contributed by atoms with E-state index in [9.17, 15) is 23.1 Å². The van der Waals surface area contributed by atoms with Gasteiger partial charge in [0.1, 0.15) is 11.5 Å². The number of ether oxygens (including phenoxy) is 3. The first-order chi connectivity index (χ1) is 23.4. The van der Waals surface area contributed by atoms with E-state index in [1.54, 1.807) is 42.2 Å². The van der Waals surface area contributed by atoms with Gasteiger partial charge in [0.05, 0.1) is 42.4 Å². The van der Waals surface area contributed by atoms with Gasteiger partial charge in [0.25, 0.3) is 5.91 Å². The molecule has 1 fully saturated rings. The molecule has 0 unspecified atom stereocenters. The van der Waals surface area contributed by atoms with Gasteiger partial charge in [-0.1, -0.05) is 26.2 Å². The second-order valence-electron chi connectivity index (χ2n) is 13.4. The third-order valence-electron chi connectivity index (χ3n) is 9.45. The van der Waals surface area contributed by atoms with Crippen LogP contribution in [0.4, 0.5) is 10.5 Å². The second-order valence-corrected chi connectivity index (χ2v) is 15.5. The molecule has 0 saturated heterocycles. The van der Waals surface area contributed by atoms with Gasteiger partial charge in [0, 0.05) is 44.4 Å². The molecule has 3 amide bonds. The van der Waals surface area contributed by atoms with Gasteiger partial charge in [-0.05, 0) is 88.4 Å². The van der Waals surface area contributed by atoms with Crippen LogP contribution in [-0.2, 0) is 14.8 Å². The molecule has 0 spiro atoms. The Kier molecular flexibility index (Phi) is 14.1. The number of carbonyl (C=O) groups excluding carboxylic acids is 2. The van der Waals surface area contributed by atoms with Crippen LogP contribution in [-0.4, -0.2) is 99.4 Å². The van der Waals surface area contributed by atoms with E-state index in [1.165, 1.54) is 37.0 Å². The Morgan fingerprint density at radius 2 is 1.76 bits per heavy atom. The molecule has 12 nitrogen and oxygen atoms in total. The fraction of sp³-hybridized carbons (Fsp3) is 0.611. The quantitative estimate of drug-likeness (QED) is 0.321. The van der Waals surface area contributed by atoms with Crippen molar-refractivity contribution in [2.75, 3.05) is 45.8 Å². The average Bonchev–Trinajstić information content (AvgIpc) is 3.09. The van der Waals surface area contributed by atoms with Crippen molar-refractivity contribution in [1.82, 2.24) is 14.5 Å². The summed E-state index contributed by atoms with van der Waals surface area (Å²) in [6, 6.07) is 10.5. The van der Waals surface area contributed by atoms with Gasteiger partial charge < -0.3 is 34.9 Å². The van der Waals surface area contributed by atoms with Crippen LogP contribution in [0, 0.1) is 5.92 Å². The van der Waals surface area contributed by atoms with E-state index in [0.29, 0.717) is 30.2 Å². The van der Waals surface area contributed by atoms with Gasteiger partial charge in [0.2, 0.25) is 10.0 Å². The van der Waals surface area contributed by atoms with E-state index in [2.05, 4.69) is 10.6 Å². The van der Waals surface area contributed by atoms with Gasteiger partial charge in [-0.3, -0.25) is 4.79 Å². The van der Waals surface area contributed by atoms with Crippen molar-refractivity contribution in [2.24, 2.45) is 5.92 Å². The molecule has 4 atom stereocenters. The number of anilines is 1. The molecule has 4 rings (SSSR count). The summed E-state index contributed by atoms with van der Waals surface area (Å²) in [6.45, 7) is 5.99. The number of hydrogen-bond acceptors (Lipinski definition) is 8. The lowest BCUT2D eigenvalue weighted by Crippen LogP contribution is -2.48. The Morgan fingerprint density at radius 1 is 1.06 bits per heavy atom. The van der Waals surface area contributed by atoms with Gasteiger partial charge in [-0.2, -0.15) is 4.31 Å². The molecular formula is C36H54N4O8S. The maximum absolute atomic E-state index is 14.4. The molecule has 0 bridgehead atoms. The largest absolute Gasteiger partial charge is 0.497 e. The fourth-order valence-electron chi connectivity index (χ4n) is 6.34. The zero-order valence-corrected chi connectivity index (χ0v) is 30.3. The van der Waals surface area contributed by atoms with E-state index in [4.69, 9.17) is 14.2 Å². The smallest absolute Gasteiger partial charge is 0.319 e. The summed E-state index contributed by atoms with van der Waals surface area (Å²) in [5.41, 5.74) is 0.720. The number of likely N-dealkylation sites (N-methyl/N-ethyl adjacent to an activating group) is 1. The van der Waals surface area contributed by atoms with Crippen molar-refractivity contribution in [1.29, 1.82) is 0 Å². The Labute approximate surface area is 291 Å². The summed E-state index contributed by atoms with van der Waals surface area (Å²) in [7, 11) is -0.801. The lowest BCUT2D eigenvalue weighted by atomic mass is 9.96. The number of rotatable bonds is 9. The molecule has 49 heavy (non-hydrogen) atoms. The molecule has 1 aliphatic heterocycles. The maximum atomic E-state index is 14.4. The summed E-state index contributed by atoms with van der Waals surface area (Å²) < 4.78 is 46.1. The molecule has 13 heteroatoms. The third kappa shape index (κ3) is 10.6. The van der Waals surface area contributed by atoms with Crippen molar-refractivity contribution in [2.45, 2.75) is 101 Å². The van der Waals surface area contributed by atoms with Gasteiger partial charge in [-0.15, -0.1) is 0 Å². The van der Waals surface area contributed by atoms with Crippen LogP contribution in [0.25, 0.3) is 0 Å². The molecule has 3 N–H and O–H groups in total. The highest BCUT2D eigenvalue weighted by Crippen LogP contribution is 2.29. The lowest BCUT2D eigenvalue weighted by Gasteiger charge is -2.35. The standard InChI is InChI=1S/C36H54N4O8S/c1-25-22-40(26(2)24-41)35(42)32-21-29(38-36(43)37-28-12-7-6-8-13-28)14-19-33(32)48-27(3)11-9-10-20-47-34(25)23-39(4)49(44,45)31-17-15-30(46-5)16-18-31/h14-19,21,25-28,34,41H,6-13,20,22-24H2,1-5H3,(H2,37,38,43)/t25-,26-,27-,34+/m1/s1. The van der Waals surface area contributed by atoms with Gasteiger partial charge in [-0.25, -0.2) is 13.2 Å². The number of methoxy groups -OCH3 is 1. The van der Waals surface area contributed by atoms with Crippen molar-refractivity contribution in [3.8, 4) is 11.5 Å². The molecule has 1 saturated carbocycles. The van der Waals surface area contributed by atoms with Crippen LogP contribution in [0.1, 0.15) is 82.5 Å². The minimum atomic E-state index is -3.84. The van der Waals surface area contributed by atoms with Gasteiger partial charge in [0.15, 0.2) is 0 Å². The number of amides is 3. The Balaban J connectivity index is 1.60. The number of carbonyl (C=O) groups is 2. The van der Waals surface area contributed by atoms with E-state index < -0.39 is 22.2 Å². The zero-order chi connectivity index (χ0) is 35.6. The molecular weight excluding hydrogens is 648 g/mol. The summed E-state index contributed by atoms with van der Waals surface area (Å²) in [4.78, 5) is 29.0. The predicted molar refractivity (Wildman–Crippen MR) is 189 cm³/mol. The number of hydrogen-bond donors (Lipinski definition) is 3. The number of fused-ring (bicyclic) bond motifs is 1. The van der Waals surface area contributed by atoms with Gasteiger partial charge >= 0.3 is 6.03 Å². The fourth-order valence-corrected chi connectivity index (χ4v) is 7.52. The third-order valence-corrected chi connectivity index (χ3v) is 11.3. The number of aliphatic hydroxyl groups is 1. The van der Waals surface area contributed by atoms with E-state index in [-0.39, 0.29) is 60.2 Å². The van der Waals surface area contributed by atoms with Crippen molar-refractivity contribution in [3.05, 3.63) is 48.0 Å². The van der Waals surface area contributed by atoms with Crippen LogP contribution < -0.4 is 20.1 Å². The van der Waals surface area contributed by atoms with Crippen LogP contribution in [0.2, 0.25) is 0 Å². The highest BCUT2D eigenvalue weighted by molar-refractivity contribution is 7.89. The Bertz CT molecular complexity index is 1480. The van der Waals surface area contributed by atoms with E-state index in [1.807, 2.05) is 13.8 Å². The minimum Gasteiger partial charge on any atom is -0.497 e. The lowest BCUT2D eigenvalue weighted by molar-refractivity contribution is -0.00834. The molecule has 2 aliphatic rings. The van der Waals surface area contributed by atoms with Crippen LogP contribution >= 0.6 is 0 Å². The predicted octanol–water partition coefficient (Wildman–Crippen LogP) is 5.27. The van der Waals surface area contributed by atoms with Crippen molar-refractivity contribution >= 4 is 27.6 Å². The number of sulfonamides is 1. The number of benzene rings is 2. The summed E-state index contributed by atoms with van der Waals surface area (Å²) in [6.07, 6.45) is 6.76. The van der Waals surface area contributed by atoms with Crippen LogP contribution in [0.3, 0.4) is 0 Å². The summed E-state index contributed by atoms with van der Waals surface area (Å²) >= 11 is 0. The SMILES string of the molecule is COc1ccc(S(=O)(=O)N(C)C[C@@H]2OCCCC[C@@H](C)Oc3ccc(NC(=O)NC4CCCCC4)cc3C(=O)N([C@H](C)CO)C[C@H]2C)cc1. The molecule has 1 heterocycles. The number of aliphatic hydroxyl groups excluding tert-OH is 1. The second kappa shape index (κ2) is 18.0. The van der Waals surface area contributed by atoms with Crippen LogP contribution in [0.5, 0.6) is 11.5 Å². The molecule has 1 aliphatic carbocycles. The average molecular weight is 703 g/mol. The number of nitrogens with zero attached hydrogens (tertiary/aromatic N) is 2. The maximum Gasteiger partial charge on any atom is 0.319 e. The molecule has 272 valence electrons. The monoisotopic (exact) mass is 702 g/mol. The highest BCUT2D eigenvalue weighted by atomic mass is 32.2. The molecule has 0 radical (unpaired) electrons. The van der Waals surface area contributed by atoms with E-state index >= 15 is 0 Å². The highest BCUT2D eigenvalue weighted by Gasteiger charge is 2.32. The normalized spacial score (nSPS) is 22.4. The van der Waals surface area contributed by atoms with Crippen molar-refractivity contribution in [3.63, 3.8) is 0 Å². The topological polar surface area (TPSA) is 147 Å². The number of nitrogens with one attached hydrogen (secondary N) is 2. The number of urea groups is 1. The Hall–Kier alpha value is -3.39. The minimum absolute atomic E-state index is 0.0609. The molecule has 2 aromatic carbocycles. The molecule has 0 aromatic heterocycles. The summed E-state index contributed by atoms with van der Waals surface area (Å²) in [5, 5.41) is 16.2. The van der Waals surface area contributed by atoms with E-state index in [0.717, 1.165) is 38.5 Å². The zero-order valence-electron chi connectivity index (χ0n) is 29.5. The molecule has 2 aromatic rings. The summed E-state index contributed by atoms with van der Waals surface area (Å²) in [5.74, 6) is 0.259. The van der Waals surface area contributed by atoms with Crippen LogP contribution in [0.15, 0.2) is 47.4 Å². The first kappa shape index (κ1) is 38.4. The first-order valence-electron chi connectivity index (χ1n) is 17.4. The van der Waals surface area contributed by atoms with Crippen molar-refractivity contribution < 1.29 is 37.3 Å².